The number of hydrogen-bond acceptors (Lipinski definition) is 7. The summed E-state index contributed by atoms with van der Waals surface area (Å²) in [6, 6.07) is 6.81. The molecule has 4 N–H and O–H groups in total. The van der Waals surface area contributed by atoms with Gasteiger partial charge in [0.25, 0.3) is 0 Å². The predicted molar refractivity (Wildman–Crippen MR) is 97.1 cm³/mol. The normalized spacial score (nSPS) is 11.1. The molecule has 9 nitrogen and oxygen atoms in total. The summed E-state index contributed by atoms with van der Waals surface area (Å²) in [5, 5.41) is 12.8. The van der Waals surface area contributed by atoms with Crippen molar-refractivity contribution in [1.82, 2.24) is 20.2 Å². The number of hydrogen-bond donors (Lipinski definition) is 4. The number of aromatic nitrogens is 4. The number of para-hydroxylation sites is 2. The van der Waals surface area contributed by atoms with Crippen LogP contribution in [0, 0.1) is 0 Å². The molecular weight excluding hydrogens is 366 g/mol. The lowest BCUT2D eigenvalue weighted by atomic mass is 10.2. The van der Waals surface area contributed by atoms with Crippen molar-refractivity contribution < 1.29 is 8.42 Å². The Morgan fingerprint density at radius 2 is 1.88 bits per heavy atom. The predicted octanol–water partition coefficient (Wildman–Crippen LogP) is 2.71. The van der Waals surface area contributed by atoms with E-state index in [0.717, 1.165) is 6.26 Å². The van der Waals surface area contributed by atoms with E-state index in [9.17, 15) is 8.42 Å². The number of halogens is 1. The van der Waals surface area contributed by atoms with Crippen molar-refractivity contribution in [3.8, 4) is 0 Å². The number of nitrogens with zero attached hydrogens (tertiary/aromatic N) is 3. The second-order valence-corrected chi connectivity index (χ2v) is 7.20. The standard InChI is InChI=1S/C14H14ClN7O2S/c1-25(23,24)22-12-5-3-2-4-11(12)20-13-10(15)8-16-14(21-13)19-9-6-17-18-7-9/h2-8,22H,1H3,(H,17,18)(H2,16,19,20,21). The van der Waals surface area contributed by atoms with Crippen molar-refractivity contribution in [3.63, 3.8) is 0 Å². The molecular formula is C14H14ClN7O2S. The average Bonchev–Trinajstić information content (AvgIpc) is 3.04. The molecule has 0 saturated carbocycles. The highest BCUT2D eigenvalue weighted by Gasteiger charge is 2.11. The fraction of sp³-hybridized carbons (Fsp3) is 0.0714. The third kappa shape index (κ3) is 4.58. The van der Waals surface area contributed by atoms with Crippen molar-refractivity contribution in [2.24, 2.45) is 0 Å². The highest BCUT2D eigenvalue weighted by atomic mass is 35.5. The van der Waals surface area contributed by atoms with Crippen LogP contribution in [-0.4, -0.2) is 34.8 Å². The van der Waals surface area contributed by atoms with Gasteiger partial charge in [0.15, 0.2) is 5.82 Å². The first-order chi connectivity index (χ1) is 11.9. The highest BCUT2D eigenvalue weighted by molar-refractivity contribution is 7.92. The van der Waals surface area contributed by atoms with Gasteiger partial charge >= 0.3 is 0 Å². The minimum atomic E-state index is -3.42. The maximum Gasteiger partial charge on any atom is 0.229 e. The molecule has 0 saturated heterocycles. The fourth-order valence-electron chi connectivity index (χ4n) is 1.97. The summed E-state index contributed by atoms with van der Waals surface area (Å²) in [7, 11) is -3.42. The first kappa shape index (κ1) is 17.0. The SMILES string of the molecule is CS(=O)(=O)Nc1ccccc1Nc1nc(Nc2cn[nH]c2)ncc1Cl. The van der Waals surface area contributed by atoms with E-state index in [1.807, 2.05) is 0 Å². The molecule has 0 fully saturated rings. The van der Waals surface area contributed by atoms with Crippen molar-refractivity contribution in [2.45, 2.75) is 0 Å². The Morgan fingerprint density at radius 1 is 1.12 bits per heavy atom. The molecule has 2 heterocycles. The number of aromatic amines is 1. The Labute approximate surface area is 148 Å². The summed E-state index contributed by atoms with van der Waals surface area (Å²) in [4.78, 5) is 8.39. The molecule has 25 heavy (non-hydrogen) atoms. The summed E-state index contributed by atoms with van der Waals surface area (Å²) in [6.45, 7) is 0. The molecule has 2 aromatic heterocycles. The first-order valence-corrected chi connectivity index (χ1v) is 9.30. The second-order valence-electron chi connectivity index (χ2n) is 5.05. The summed E-state index contributed by atoms with van der Waals surface area (Å²) in [6.07, 6.45) is 5.74. The molecule has 0 bridgehead atoms. The zero-order chi connectivity index (χ0) is 17.9. The minimum absolute atomic E-state index is 0.284. The van der Waals surface area contributed by atoms with Crippen LogP contribution in [0.4, 0.5) is 28.8 Å². The molecule has 0 unspecified atom stereocenters. The first-order valence-electron chi connectivity index (χ1n) is 7.03. The summed E-state index contributed by atoms with van der Waals surface area (Å²) < 4.78 is 25.4. The van der Waals surface area contributed by atoms with Crippen LogP contribution in [0.2, 0.25) is 5.02 Å². The molecule has 1 aromatic carbocycles. The van der Waals surface area contributed by atoms with Crippen LogP contribution < -0.4 is 15.4 Å². The van der Waals surface area contributed by atoms with Gasteiger partial charge in [0.2, 0.25) is 16.0 Å². The van der Waals surface area contributed by atoms with Crippen LogP contribution in [0.1, 0.15) is 0 Å². The number of nitrogens with one attached hydrogen (secondary N) is 4. The van der Waals surface area contributed by atoms with E-state index in [1.165, 1.54) is 6.20 Å². The lowest BCUT2D eigenvalue weighted by Gasteiger charge is -2.13. The average molecular weight is 380 g/mol. The van der Waals surface area contributed by atoms with Crippen LogP contribution in [0.3, 0.4) is 0 Å². The van der Waals surface area contributed by atoms with E-state index in [-0.39, 0.29) is 5.02 Å². The van der Waals surface area contributed by atoms with Gasteiger partial charge in [-0.2, -0.15) is 10.1 Å². The van der Waals surface area contributed by atoms with Crippen molar-refractivity contribution in [3.05, 3.63) is 47.9 Å². The van der Waals surface area contributed by atoms with Gasteiger partial charge in [-0.25, -0.2) is 13.4 Å². The Hall–Kier alpha value is -2.85. The number of sulfonamides is 1. The van der Waals surface area contributed by atoms with Gasteiger partial charge in [0.1, 0.15) is 5.02 Å². The molecule has 0 aliphatic carbocycles. The number of benzene rings is 1. The molecule has 0 spiro atoms. The molecule has 3 aromatic rings. The smallest absolute Gasteiger partial charge is 0.229 e. The van der Waals surface area contributed by atoms with Gasteiger partial charge < -0.3 is 10.6 Å². The molecule has 0 radical (unpaired) electrons. The van der Waals surface area contributed by atoms with E-state index in [0.29, 0.717) is 28.8 Å². The van der Waals surface area contributed by atoms with Crippen LogP contribution in [0.5, 0.6) is 0 Å². The number of H-pyrrole nitrogens is 1. The van der Waals surface area contributed by atoms with Crippen LogP contribution in [0.15, 0.2) is 42.9 Å². The van der Waals surface area contributed by atoms with Crippen molar-refractivity contribution in [1.29, 1.82) is 0 Å². The largest absolute Gasteiger partial charge is 0.337 e. The summed E-state index contributed by atoms with van der Waals surface area (Å²) in [5.74, 6) is 0.632. The van der Waals surface area contributed by atoms with Gasteiger partial charge in [-0.05, 0) is 12.1 Å². The Morgan fingerprint density at radius 3 is 2.56 bits per heavy atom. The zero-order valence-electron chi connectivity index (χ0n) is 13.0. The minimum Gasteiger partial charge on any atom is -0.337 e. The van der Waals surface area contributed by atoms with Gasteiger partial charge in [-0.1, -0.05) is 23.7 Å². The Bertz CT molecular complexity index is 977. The van der Waals surface area contributed by atoms with E-state index < -0.39 is 10.0 Å². The summed E-state index contributed by atoms with van der Waals surface area (Å²) >= 11 is 6.14. The maximum absolute atomic E-state index is 11.5. The maximum atomic E-state index is 11.5. The molecule has 0 amide bonds. The molecule has 130 valence electrons. The Balaban J connectivity index is 1.88. The van der Waals surface area contributed by atoms with Gasteiger partial charge in [0, 0.05) is 6.20 Å². The van der Waals surface area contributed by atoms with Crippen LogP contribution in [-0.2, 0) is 10.0 Å². The molecule has 0 atom stereocenters. The Kier molecular flexibility index (Phi) is 4.72. The van der Waals surface area contributed by atoms with Crippen LogP contribution in [0.25, 0.3) is 0 Å². The van der Waals surface area contributed by atoms with Gasteiger partial charge in [-0.3, -0.25) is 9.82 Å². The molecule has 0 aliphatic rings. The second kappa shape index (κ2) is 6.95. The van der Waals surface area contributed by atoms with Gasteiger partial charge in [0.05, 0.1) is 35.7 Å². The lowest BCUT2D eigenvalue weighted by molar-refractivity contribution is 0.607. The van der Waals surface area contributed by atoms with Crippen LogP contribution >= 0.6 is 11.6 Å². The molecule has 0 aliphatic heterocycles. The summed E-state index contributed by atoms with van der Waals surface area (Å²) in [5.41, 5.74) is 1.57. The highest BCUT2D eigenvalue weighted by Crippen LogP contribution is 2.29. The quantitative estimate of drug-likeness (QED) is 0.519. The molecule has 3 rings (SSSR count). The lowest BCUT2D eigenvalue weighted by Crippen LogP contribution is -2.11. The zero-order valence-corrected chi connectivity index (χ0v) is 14.6. The third-order valence-electron chi connectivity index (χ3n) is 2.97. The third-order valence-corrected chi connectivity index (χ3v) is 3.84. The topological polar surface area (TPSA) is 125 Å². The van der Waals surface area contributed by atoms with E-state index >= 15 is 0 Å². The van der Waals surface area contributed by atoms with E-state index in [1.54, 1.807) is 36.7 Å². The molecule has 11 heteroatoms. The van der Waals surface area contributed by atoms with E-state index in [4.69, 9.17) is 11.6 Å². The monoisotopic (exact) mass is 379 g/mol. The number of rotatable bonds is 6. The van der Waals surface area contributed by atoms with Crippen molar-refractivity contribution >= 4 is 50.5 Å². The number of anilines is 5. The van der Waals surface area contributed by atoms with Crippen molar-refractivity contribution in [2.75, 3.05) is 21.6 Å². The van der Waals surface area contributed by atoms with E-state index in [2.05, 4.69) is 35.5 Å². The fourth-order valence-corrected chi connectivity index (χ4v) is 2.69. The van der Waals surface area contributed by atoms with Gasteiger partial charge in [-0.15, -0.1) is 0 Å².